The van der Waals surface area contributed by atoms with Crippen LogP contribution in [0.1, 0.15) is 10.4 Å². The minimum atomic E-state index is -1.07. The molecule has 2 aromatic rings. The fraction of sp³-hybridized carbons (Fsp3) is 0.0714. The number of carboxylic acids is 1. The number of nitrogens with one attached hydrogen (secondary N) is 1. The Kier molecular flexibility index (Phi) is 4.45. The van der Waals surface area contributed by atoms with Gasteiger partial charge in [0.15, 0.2) is 6.61 Å². The van der Waals surface area contributed by atoms with E-state index >= 15 is 0 Å². The van der Waals surface area contributed by atoms with E-state index in [0.29, 0.717) is 11.4 Å². The summed E-state index contributed by atoms with van der Waals surface area (Å²) >= 11 is 0. The van der Waals surface area contributed by atoms with E-state index in [4.69, 9.17) is 9.84 Å². The monoisotopic (exact) mass is 290 g/mol. The highest BCUT2D eigenvalue weighted by Crippen LogP contribution is 2.16. The van der Waals surface area contributed by atoms with Crippen LogP contribution in [0.2, 0.25) is 0 Å². The molecule has 1 aromatic heterocycles. The number of halogens is 1. The number of aromatic nitrogens is 1. The quantitative estimate of drug-likeness (QED) is 0.821. The molecule has 0 unspecified atom stereocenters. The Morgan fingerprint density at radius 1 is 1.19 bits per heavy atom. The molecule has 7 heteroatoms. The molecule has 0 atom stereocenters. The van der Waals surface area contributed by atoms with Crippen LogP contribution in [0.25, 0.3) is 0 Å². The van der Waals surface area contributed by atoms with E-state index in [0.717, 1.165) is 12.3 Å². The van der Waals surface area contributed by atoms with Crippen molar-refractivity contribution in [3.8, 4) is 5.75 Å². The Morgan fingerprint density at radius 3 is 2.48 bits per heavy atom. The molecule has 1 amide bonds. The fourth-order valence-corrected chi connectivity index (χ4v) is 1.49. The van der Waals surface area contributed by atoms with Gasteiger partial charge in [-0.3, -0.25) is 4.79 Å². The highest BCUT2D eigenvalue weighted by molar-refractivity contribution is 6.04. The van der Waals surface area contributed by atoms with Crippen molar-refractivity contribution in [3.63, 3.8) is 0 Å². The zero-order valence-corrected chi connectivity index (χ0v) is 10.7. The summed E-state index contributed by atoms with van der Waals surface area (Å²) in [4.78, 5) is 25.6. The number of carboxylic acid groups (broad SMARTS) is 1. The fourth-order valence-electron chi connectivity index (χ4n) is 1.49. The first-order valence-electron chi connectivity index (χ1n) is 5.92. The van der Waals surface area contributed by atoms with Crippen LogP contribution in [0.3, 0.4) is 0 Å². The maximum absolute atomic E-state index is 12.7. The minimum absolute atomic E-state index is 0.225. The highest BCUT2D eigenvalue weighted by atomic mass is 19.1. The molecule has 0 spiro atoms. The molecule has 0 saturated carbocycles. The van der Waals surface area contributed by atoms with Crippen molar-refractivity contribution >= 4 is 17.6 Å². The average molecular weight is 290 g/mol. The van der Waals surface area contributed by atoms with E-state index in [2.05, 4.69) is 10.3 Å². The Balaban J connectivity index is 1.98. The van der Waals surface area contributed by atoms with Crippen molar-refractivity contribution in [3.05, 3.63) is 54.1 Å². The van der Waals surface area contributed by atoms with E-state index in [1.54, 1.807) is 12.1 Å². The SMILES string of the molecule is O=C(O)COc1ccc(NC(=O)c2ccc(F)nc2)cc1. The number of aliphatic carboxylic acids is 1. The lowest BCUT2D eigenvalue weighted by Gasteiger charge is -2.07. The summed E-state index contributed by atoms with van der Waals surface area (Å²) in [5, 5.41) is 11.1. The predicted molar refractivity (Wildman–Crippen MR) is 71.7 cm³/mol. The van der Waals surface area contributed by atoms with Gasteiger partial charge in [-0.2, -0.15) is 4.39 Å². The summed E-state index contributed by atoms with van der Waals surface area (Å²) in [5.41, 5.74) is 0.717. The van der Waals surface area contributed by atoms with Crippen molar-refractivity contribution in [2.75, 3.05) is 11.9 Å². The summed E-state index contributed by atoms with van der Waals surface area (Å²) in [6.45, 7) is -0.438. The lowest BCUT2D eigenvalue weighted by molar-refractivity contribution is -0.139. The third kappa shape index (κ3) is 4.27. The van der Waals surface area contributed by atoms with Crippen LogP contribution in [0.4, 0.5) is 10.1 Å². The van der Waals surface area contributed by atoms with Crippen molar-refractivity contribution in [2.24, 2.45) is 0 Å². The number of carbonyl (C=O) groups is 2. The van der Waals surface area contributed by atoms with E-state index in [1.807, 2.05) is 0 Å². The average Bonchev–Trinajstić information content (AvgIpc) is 2.47. The Bertz CT molecular complexity index is 641. The summed E-state index contributed by atoms with van der Waals surface area (Å²) < 4.78 is 17.6. The number of nitrogens with zero attached hydrogens (tertiary/aromatic N) is 1. The van der Waals surface area contributed by atoms with E-state index < -0.39 is 24.4 Å². The summed E-state index contributed by atoms with van der Waals surface area (Å²) in [6, 6.07) is 8.60. The van der Waals surface area contributed by atoms with Gasteiger partial charge in [-0.1, -0.05) is 0 Å². The van der Waals surface area contributed by atoms with Gasteiger partial charge in [0.25, 0.3) is 5.91 Å². The molecular formula is C14H11FN2O4. The molecule has 1 heterocycles. The number of ether oxygens (including phenoxy) is 1. The molecule has 0 aliphatic heterocycles. The van der Waals surface area contributed by atoms with Gasteiger partial charge in [0, 0.05) is 11.9 Å². The molecule has 1 aromatic carbocycles. The second-order valence-corrected chi connectivity index (χ2v) is 4.03. The Hall–Kier alpha value is -2.96. The van der Waals surface area contributed by atoms with Gasteiger partial charge in [0.2, 0.25) is 5.95 Å². The van der Waals surface area contributed by atoms with Gasteiger partial charge in [0.1, 0.15) is 5.75 Å². The summed E-state index contributed by atoms with van der Waals surface area (Å²) in [7, 11) is 0. The summed E-state index contributed by atoms with van der Waals surface area (Å²) in [5.74, 6) is -1.79. The molecule has 0 radical (unpaired) electrons. The molecule has 0 aliphatic carbocycles. The molecular weight excluding hydrogens is 279 g/mol. The first kappa shape index (κ1) is 14.4. The second-order valence-electron chi connectivity index (χ2n) is 4.03. The van der Waals surface area contributed by atoms with Crippen LogP contribution in [-0.4, -0.2) is 28.6 Å². The zero-order chi connectivity index (χ0) is 15.2. The molecule has 2 rings (SSSR count). The molecule has 0 bridgehead atoms. The number of rotatable bonds is 5. The van der Waals surface area contributed by atoms with Gasteiger partial charge in [-0.25, -0.2) is 9.78 Å². The summed E-state index contributed by atoms with van der Waals surface area (Å²) in [6.07, 6.45) is 1.13. The van der Waals surface area contributed by atoms with Crippen LogP contribution in [0.5, 0.6) is 5.75 Å². The topological polar surface area (TPSA) is 88.5 Å². The van der Waals surface area contributed by atoms with E-state index in [1.165, 1.54) is 18.2 Å². The van der Waals surface area contributed by atoms with Gasteiger partial charge in [-0.15, -0.1) is 0 Å². The number of amides is 1. The molecule has 6 nitrogen and oxygen atoms in total. The van der Waals surface area contributed by atoms with Crippen LogP contribution in [0.15, 0.2) is 42.6 Å². The standard InChI is InChI=1S/C14H11FN2O4/c15-12-6-1-9(7-16-12)14(20)17-10-2-4-11(5-3-10)21-8-13(18)19/h1-7H,8H2,(H,17,20)(H,18,19). The lowest BCUT2D eigenvalue weighted by Crippen LogP contribution is -2.12. The number of pyridine rings is 1. The Labute approximate surface area is 119 Å². The van der Waals surface area contributed by atoms with Crippen molar-refractivity contribution in [1.82, 2.24) is 4.98 Å². The first-order chi connectivity index (χ1) is 10.0. The van der Waals surface area contributed by atoms with Crippen LogP contribution >= 0.6 is 0 Å². The molecule has 0 fully saturated rings. The lowest BCUT2D eigenvalue weighted by atomic mass is 10.2. The first-order valence-corrected chi connectivity index (χ1v) is 5.92. The minimum Gasteiger partial charge on any atom is -0.482 e. The zero-order valence-electron chi connectivity index (χ0n) is 10.7. The van der Waals surface area contributed by atoms with Crippen molar-refractivity contribution in [1.29, 1.82) is 0 Å². The maximum atomic E-state index is 12.7. The van der Waals surface area contributed by atoms with E-state index in [9.17, 15) is 14.0 Å². The smallest absolute Gasteiger partial charge is 0.341 e. The van der Waals surface area contributed by atoms with Crippen LogP contribution in [-0.2, 0) is 4.79 Å². The number of anilines is 1. The molecule has 21 heavy (non-hydrogen) atoms. The van der Waals surface area contributed by atoms with Crippen LogP contribution in [0, 0.1) is 5.95 Å². The largest absolute Gasteiger partial charge is 0.482 e. The number of hydrogen-bond acceptors (Lipinski definition) is 4. The number of benzene rings is 1. The predicted octanol–water partition coefficient (Wildman–Crippen LogP) is 1.94. The third-order valence-electron chi connectivity index (χ3n) is 2.46. The molecule has 0 aliphatic rings. The molecule has 2 N–H and O–H groups in total. The maximum Gasteiger partial charge on any atom is 0.341 e. The normalized spacial score (nSPS) is 9.95. The third-order valence-corrected chi connectivity index (χ3v) is 2.46. The number of hydrogen-bond donors (Lipinski definition) is 2. The molecule has 0 saturated heterocycles. The van der Waals surface area contributed by atoms with Gasteiger partial charge < -0.3 is 15.2 Å². The van der Waals surface area contributed by atoms with Crippen LogP contribution < -0.4 is 10.1 Å². The van der Waals surface area contributed by atoms with E-state index in [-0.39, 0.29) is 5.56 Å². The molecule has 108 valence electrons. The van der Waals surface area contributed by atoms with Gasteiger partial charge in [0.05, 0.1) is 5.56 Å². The second kappa shape index (κ2) is 6.47. The van der Waals surface area contributed by atoms with Gasteiger partial charge in [-0.05, 0) is 36.4 Å². The Morgan fingerprint density at radius 2 is 1.90 bits per heavy atom. The number of carbonyl (C=O) groups excluding carboxylic acids is 1. The van der Waals surface area contributed by atoms with Crippen molar-refractivity contribution in [2.45, 2.75) is 0 Å². The highest BCUT2D eigenvalue weighted by Gasteiger charge is 2.07. The van der Waals surface area contributed by atoms with Gasteiger partial charge >= 0.3 is 5.97 Å². The van der Waals surface area contributed by atoms with Crippen molar-refractivity contribution < 1.29 is 23.8 Å².